The lowest BCUT2D eigenvalue weighted by molar-refractivity contribution is -0.122. The standard InChI is InChI=1S/C14H17NO2/c1-15(12-2-4-13(16)5-3-12)14(17)11-7-9-6-10(9)8-11/h2-5,9-11,16H,6-8H2,1H3. The van der Waals surface area contributed by atoms with Crippen molar-refractivity contribution in [3.63, 3.8) is 0 Å². The topological polar surface area (TPSA) is 40.5 Å². The van der Waals surface area contributed by atoms with Crippen molar-refractivity contribution in [1.82, 2.24) is 0 Å². The summed E-state index contributed by atoms with van der Waals surface area (Å²) in [4.78, 5) is 14.0. The average molecular weight is 231 g/mol. The lowest BCUT2D eigenvalue weighted by Gasteiger charge is -2.22. The second kappa shape index (κ2) is 3.76. The largest absolute Gasteiger partial charge is 0.508 e. The van der Waals surface area contributed by atoms with Crippen LogP contribution in [0, 0.1) is 17.8 Å². The number of benzene rings is 1. The van der Waals surface area contributed by atoms with Crippen molar-refractivity contribution >= 4 is 11.6 Å². The molecule has 0 aromatic heterocycles. The third-order valence-electron chi connectivity index (χ3n) is 4.16. The van der Waals surface area contributed by atoms with E-state index in [0.29, 0.717) is 0 Å². The van der Waals surface area contributed by atoms with Gasteiger partial charge in [-0.3, -0.25) is 4.79 Å². The van der Waals surface area contributed by atoms with Gasteiger partial charge in [-0.15, -0.1) is 0 Å². The maximum atomic E-state index is 12.3. The van der Waals surface area contributed by atoms with Crippen molar-refractivity contribution in [3.05, 3.63) is 24.3 Å². The maximum Gasteiger partial charge on any atom is 0.229 e. The third kappa shape index (κ3) is 1.90. The molecule has 3 heteroatoms. The second-order valence-electron chi connectivity index (χ2n) is 5.34. The Kier molecular flexibility index (Phi) is 2.35. The Labute approximate surface area is 101 Å². The van der Waals surface area contributed by atoms with E-state index in [1.54, 1.807) is 29.2 Å². The number of amides is 1. The molecule has 1 aromatic carbocycles. The number of fused-ring (bicyclic) bond motifs is 1. The smallest absolute Gasteiger partial charge is 0.229 e. The van der Waals surface area contributed by atoms with Gasteiger partial charge in [0.15, 0.2) is 0 Å². The van der Waals surface area contributed by atoms with Crippen LogP contribution in [0.15, 0.2) is 24.3 Å². The predicted octanol–water partition coefficient (Wildman–Crippen LogP) is 2.40. The summed E-state index contributed by atoms with van der Waals surface area (Å²) in [5, 5.41) is 9.23. The highest BCUT2D eigenvalue weighted by Crippen LogP contribution is 2.54. The van der Waals surface area contributed by atoms with Gasteiger partial charge in [0.05, 0.1) is 0 Å². The van der Waals surface area contributed by atoms with E-state index in [-0.39, 0.29) is 17.6 Å². The van der Waals surface area contributed by atoms with Crippen molar-refractivity contribution in [1.29, 1.82) is 0 Å². The van der Waals surface area contributed by atoms with Gasteiger partial charge in [-0.25, -0.2) is 0 Å². The number of hydrogen-bond donors (Lipinski definition) is 1. The van der Waals surface area contributed by atoms with E-state index in [2.05, 4.69) is 0 Å². The van der Waals surface area contributed by atoms with Crippen molar-refractivity contribution in [3.8, 4) is 5.75 Å². The molecule has 2 unspecified atom stereocenters. The van der Waals surface area contributed by atoms with Crippen molar-refractivity contribution in [2.24, 2.45) is 17.8 Å². The zero-order valence-electron chi connectivity index (χ0n) is 9.97. The van der Waals surface area contributed by atoms with E-state index in [1.165, 1.54) is 6.42 Å². The van der Waals surface area contributed by atoms with Gasteiger partial charge in [0.1, 0.15) is 5.75 Å². The Balaban J connectivity index is 1.70. The Morgan fingerprint density at radius 1 is 1.18 bits per heavy atom. The molecule has 90 valence electrons. The van der Waals surface area contributed by atoms with E-state index in [1.807, 2.05) is 7.05 Å². The molecule has 3 rings (SSSR count). The summed E-state index contributed by atoms with van der Waals surface area (Å²) in [6.45, 7) is 0. The third-order valence-corrected chi connectivity index (χ3v) is 4.16. The molecular weight excluding hydrogens is 214 g/mol. The van der Waals surface area contributed by atoms with Gasteiger partial charge >= 0.3 is 0 Å². The van der Waals surface area contributed by atoms with Crippen LogP contribution in [0.3, 0.4) is 0 Å². The predicted molar refractivity (Wildman–Crippen MR) is 65.8 cm³/mol. The van der Waals surface area contributed by atoms with Crippen LogP contribution in [-0.2, 0) is 4.79 Å². The second-order valence-corrected chi connectivity index (χ2v) is 5.34. The monoisotopic (exact) mass is 231 g/mol. The summed E-state index contributed by atoms with van der Waals surface area (Å²) in [6, 6.07) is 6.79. The SMILES string of the molecule is CN(C(=O)C1CC2CC2C1)c1ccc(O)cc1. The zero-order chi connectivity index (χ0) is 12.0. The van der Waals surface area contributed by atoms with E-state index in [0.717, 1.165) is 30.4 Å². The first-order valence-corrected chi connectivity index (χ1v) is 6.22. The lowest BCUT2D eigenvalue weighted by atomic mass is 10.0. The molecule has 0 aliphatic heterocycles. The summed E-state index contributed by atoms with van der Waals surface area (Å²) in [6.07, 6.45) is 3.49. The fraction of sp³-hybridized carbons (Fsp3) is 0.500. The molecule has 2 aliphatic rings. The number of hydrogen-bond acceptors (Lipinski definition) is 2. The first-order valence-electron chi connectivity index (χ1n) is 6.22. The summed E-state index contributed by atoms with van der Waals surface area (Å²) < 4.78 is 0. The van der Waals surface area contributed by atoms with Crippen LogP contribution in [0.4, 0.5) is 5.69 Å². The zero-order valence-corrected chi connectivity index (χ0v) is 9.97. The molecule has 0 heterocycles. The molecular formula is C14H17NO2. The highest BCUT2D eigenvalue weighted by Gasteiger charge is 2.48. The fourth-order valence-corrected chi connectivity index (χ4v) is 2.99. The summed E-state index contributed by atoms with van der Waals surface area (Å²) in [7, 11) is 1.82. The Morgan fingerprint density at radius 3 is 2.35 bits per heavy atom. The van der Waals surface area contributed by atoms with E-state index in [4.69, 9.17) is 0 Å². The van der Waals surface area contributed by atoms with Crippen molar-refractivity contribution < 1.29 is 9.90 Å². The number of phenolic OH excluding ortho intramolecular Hbond substituents is 1. The molecule has 2 aliphatic carbocycles. The number of carbonyl (C=O) groups is 1. The number of phenols is 1. The number of aromatic hydroxyl groups is 1. The van der Waals surface area contributed by atoms with Crippen LogP contribution >= 0.6 is 0 Å². The van der Waals surface area contributed by atoms with Gasteiger partial charge < -0.3 is 10.0 Å². The van der Waals surface area contributed by atoms with Crippen LogP contribution in [0.25, 0.3) is 0 Å². The normalized spacial score (nSPS) is 29.8. The van der Waals surface area contributed by atoms with E-state index < -0.39 is 0 Å². The quantitative estimate of drug-likeness (QED) is 0.849. The minimum Gasteiger partial charge on any atom is -0.508 e. The minimum atomic E-state index is 0.220. The van der Waals surface area contributed by atoms with Crippen molar-refractivity contribution in [2.75, 3.05) is 11.9 Å². The molecule has 0 saturated heterocycles. The average Bonchev–Trinajstić information content (AvgIpc) is 2.95. The number of rotatable bonds is 2. The molecule has 2 saturated carbocycles. The minimum absolute atomic E-state index is 0.220. The molecule has 1 N–H and O–H groups in total. The number of nitrogens with zero attached hydrogens (tertiary/aromatic N) is 1. The van der Waals surface area contributed by atoms with Crippen LogP contribution in [0.2, 0.25) is 0 Å². The Morgan fingerprint density at radius 2 is 1.76 bits per heavy atom. The van der Waals surface area contributed by atoms with Gasteiger partial charge in [0.25, 0.3) is 0 Å². The van der Waals surface area contributed by atoms with Crippen molar-refractivity contribution in [2.45, 2.75) is 19.3 Å². The molecule has 0 bridgehead atoms. The van der Waals surface area contributed by atoms with E-state index in [9.17, 15) is 9.90 Å². The Bertz CT molecular complexity index is 430. The first kappa shape index (κ1) is 10.6. The lowest BCUT2D eigenvalue weighted by Crippen LogP contribution is -2.32. The van der Waals surface area contributed by atoms with Gasteiger partial charge in [0, 0.05) is 18.7 Å². The number of anilines is 1. The van der Waals surface area contributed by atoms with Crippen LogP contribution < -0.4 is 4.90 Å². The molecule has 17 heavy (non-hydrogen) atoms. The van der Waals surface area contributed by atoms with Gasteiger partial charge in [-0.05, 0) is 55.4 Å². The maximum absolute atomic E-state index is 12.3. The molecule has 1 aromatic rings. The molecule has 0 spiro atoms. The first-order chi connectivity index (χ1) is 8.15. The van der Waals surface area contributed by atoms with Crippen LogP contribution in [0.1, 0.15) is 19.3 Å². The molecule has 1 amide bonds. The van der Waals surface area contributed by atoms with Gasteiger partial charge in [-0.2, -0.15) is 0 Å². The Hall–Kier alpha value is -1.51. The summed E-state index contributed by atoms with van der Waals surface area (Å²) in [5.41, 5.74) is 0.855. The van der Waals surface area contributed by atoms with Crippen LogP contribution in [0.5, 0.6) is 5.75 Å². The van der Waals surface area contributed by atoms with Gasteiger partial charge in [-0.1, -0.05) is 0 Å². The fourth-order valence-electron chi connectivity index (χ4n) is 2.99. The highest BCUT2D eigenvalue weighted by molar-refractivity contribution is 5.94. The summed E-state index contributed by atoms with van der Waals surface area (Å²) >= 11 is 0. The summed E-state index contributed by atoms with van der Waals surface area (Å²) in [5.74, 6) is 2.34. The number of carbonyl (C=O) groups excluding carboxylic acids is 1. The van der Waals surface area contributed by atoms with E-state index >= 15 is 0 Å². The van der Waals surface area contributed by atoms with Gasteiger partial charge in [0.2, 0.25) is 5.91 Å². The molecule has 0 radical (unpaired) electrons. The van der Waals surface area contributed by atoms with Crippen LogP contribution in [-0.4, -0.2) is 18.1 Å². The molecule has 3 nitrogen and oxygen atoms in total. The highest BCUT2D eigenvalue weighted by atomic mass is 16.3. The molecule has 2 atom stereocenters. The molecule has 2 fully saturated rings.